The molecule has 0 fully saturated rings. The van der Waals surface area contributed by atoms with Crippen molar-refractivity contribution in [2.75, 3.05) is 0 Å². The van der Waals surface area contributed by atoms with Gasteiger partial charge in [0.05, 0.1) is 50.1 Å². The molecule has 0 bridgehead atoms. The maximum atomic E-state index is 5.45. The summed E-state index contributed by atoms with van der Waals surface area (Å²) in [7, 11) is 0. The highest BCUT2D eigenvalue weighted by Gasteiger charge is 2.35. The summed E-state index contributed by atoms with van der Waals surface area (Å²) in [5.41, 5.74) is 24.9. The molecule has 1 aliphatic rings. The molecule has 20 rings (SSSR count). The van der Waals surface area contributed by atoms with Crippen molar-refractivity contribution < 1.29 is 0 Å². The third-order valence-corrected chi connectivity index (χ3v) is 19.8. The molecule has 7 heteroatoms. The summed E-state index contributed by atoms with van der Waals surface area (Å²) in [4.78, 5) is 16.1. The van der Waals surface area contributed by atoms with Gasteiger partial charge in [-0.15, -0.1) is 0 Å². The van der Waals surface area contributed by atoms with Crippen molar-refractivity contribution in [3.05, 3.63) is 345 Å². The molecule has 19 aromatic rings. The fourth-order valence-electron chi connectivity index (χ4n) is 15.6. The Bertz CT molecular complexity index is 6250. The zero-order valence-electron chi connectivity index (χ0n) is 51.4. The average molecular weight is 1210 g/mol. The number of hydrogen-bond donors (Lipinski definition) is 0. The molecule has 95 heavy (non-hydrogen) atoms. The summed E-state index contributed by atoms with van der Waals surface area (Å²) in [6, 6.07) is 119. The quantitative estimate of drug-likeness (QED) is 0.145. The monoisotopic (exact) mass is 1210 g/mol. The second-order valence-corrected chi connectivity index (χ2v) is 25.1. The van der Waals surface area contributed by atoms with E-state index in [0.29, 0.717) is 17.5 Å². The van der Waals surface area contributed by atoms with Gasteiger partial charge in [-0.2, -0.15) is 0 Å². The average Bonchev–Trinajstić information content (AvgIpc) is 1.57. The van der Waals surface area contributed by atoms with E-state index in [2.05, 4.69) is 309 Å². The lowest BCUT2D eigenvalue weighted by atomic mass is 9.93. The van der Waals surface area contributed by atoms with Gasteiger partial charge in [0.1, 0.15) is 5.82 Å². The highest BCUT2D eigenvalue weighted by atomic mass is 15.0. The van der Waals surface area contributed by atoms with Crippen molar-refractivity contribution in [2.24, 2.45) is 0 Å². The van der Waals surface area contributed by atoms with Gasteiger partial charge in [-0.05, 0) is 172 Å². The van der Waals surface area contributed by atoms with Gasteiger partial charge >= 0.3 is 0 Å². The van der Waals surface area contributed by atoms with Crippen LogP contribution in [0.5, 0.6) is 0 Å². The minimum atomic E-state index is -0.286. The van der Waals surface area contributed by atoms with Crippen molar-refractivity contribution >= 4 is 87.2 Å². The summed E-state index contributed by atoms with van der Waals surface area (Å²) in [6.07, 6.45) is 0. The minimum Gasteiger partial charge on any atom is -0.309 e. The predicted octanol–water partition coefficient (Wildman–Crippen LogP) is 22.1. The SMILES string of the molecule is c1ccc(-c2nc(-c3ccccc3)nc(C3c4ccc(-c5ccc6c(c5)c5cc(-c7ccc8c(c7)c7cc9c(cc7n8-c7ccccc7)c7ccccc7n9-c7ccccc7)ccc5n6-c5ccccc5)cc4-c4cc5c(cc43)c3ccccc3n5-c3ccccc3)n2)cc1. The Morgan fingerprint density at radius 2 is 0.516 bits per heavy atom. The number of para-hydroxylation sites is 6. The smallest absolute Gasteiger partial charge is 0.163 e. The van der Waals surface area contributed by atoms with Crippen LogP contribution in [0.4, 0.5) is 0 Å². The Morgan fingerprint density at radius 1 is 0.200 bits per heavy atom. The van der Waals surface area contributed by atoms with Crippen LogP contribution in [0.25, 0.3) is 166 Å². The first-order chi connectivity index (χ1) is 47.1. The molecular formula is C88H55N7. The van der Waals surface area contributed by atoms with Crippen LogP contribution >= 0.6 is 0 Å². The van der Waals surface area contributed by atoms with E-state index < -0.39 is 0 Å². The van der Waals surface area contributed by atoms with Gasteiger partial charge in [0.15, 0.2) is 11.6 Å². The van der Waals surface area contributed by atoms with Crippen molar-refractivity contribution in [2.45, 2.75) is 5.92 Å². The summed E-state index contributed by atoms with van der Waals surface area (Å²) in [5.74, 6) is 1.73. The normalized spacial score (nSPS) is 12.9. The molecule has 0 N–H and O–H groups in total. The Balaban J connectivity index is 0.782. The van der Waals surface area contributed by atoms with E-state index in [-0.39, 0.29) is 5.92 Å². The fraction of sp³-hybridized carbons (Fsp3) is 0.0114. The predicted molar refractivity (Wildman–Crippen MR) is 392 cm³/mol. The maximum absolute atomic E-state index is 5.45. The number of benzene rings is 14. The molecule has 1 aliphatic carbocycles. The topological polar surface area (TPSA) is 58.4 Å². The van der Waals surface area contributed by atoms with Gasteiger partial charge in [0, 0.05) is 77.0 Å². The summed E-state index contributed by atoms with van der Waals surface area (Å²) in [6.45, 7) is 0. The van der Waals surface area contributed by atoms with E-state index in [4.69, 9.17) is 15.0 Å². The van der Waals surface area contributed by atoms with Crippen molar-refractivity contribution in [3.63, 3.8) is 0 Å². The Morgan fingerprint density at radius 3 is 0.958 bits per heavy atom. The van der Waals surface area contributed by atoms with E-state index in [0.717, 1.165) is 94.8 Å². The lowest BCUT2D eigenvalue weighted by molar-refractivity contribution is 0.856. The molecule has 0 aliphatic heterocycles. The second-order valence-electron chi connectivity index (χ2n) is 25.1. The Kier molecular flexibility index (Phi) is 11.7. The number of aromatic nitrogens is 7. The first-order valence-electron chi connectivity index (χ1n) is 32.5. The van der Waals surface area contributed by atoms with E-state index in [1.807, 2.05) is 36.4 Å². The molecule has 442 valence electrons. The number of rotatable bonds is 9. The summed E-state index contributed by atoms with van der Waals surface area (Å²) < 4.78 is 9.71. The van der Waals surface area contributed by atoms with E-state index >= 15 is 0 Å². The van der Waals surface area contributed by atoms with Gasteiger partial charge in [-0.3, -0.25) is 0 Å². The Hall–Kier alpha value is -12.7. The second kappa shape index (κ2) is 20.9. The van der Waals surface area contributed by atoms with Crippen LogP contribution in [0.1, 0.15) is 22.9 Å². The first-order valence-corrected chi connectivity index (χ1v) is 32.5. The summed E-state index contributed by atoms with van der Waals surface area (Å²) in [5, 5.41) is 9.62. The first kappa shape index (κ1) is 53.0. The van der Waals surface area contributed by atoms with Crippen LogP contribution in [0.3, 0.4) is 0 Å². The Labute approximate surface area is 546 Å². The molecule has 1 atom stereocenters. The van der Waals surface area contributed by atoms with Crippen molar-refractivity contribution in [1.82, 2.24) is 33.2 Å². The van der Waals surface area contributed by atoms with Gasteiger partial charge in [-0.25, -0.2) is 15.0 Å². The van der Waals surface area contributed by atoms with Crippen LogP contribution in [0, 0.1) is 0 Å². The molecule has 7 nitrogen and oxygen atoms in total. The highest BCUT2D eigenvalue weighted by Crippen LogP contribution is 2.52. The minimum absolute atomic E-state index is 0.286. The molecule has 0 amide bonds. The zero-order valence-corrected chi connectivity index (χ0v) is 51.4. The van der Waals surface area contributed by atoms with E-state index in [9.17, 15) is 0 Å². The zero-order chi connectivity index (χ0) is 62.2. The van der Waals surface area contributed by atoms with Crippen molar-refractivity contribution in [1.29, 1.82) is 0 Å². The maximum Gasteiger partial charge on any atom is 0.163 e. The van der Waals surface area contributed by atoms with Crippen LogP contribution in [0.2, 0.25) is 0 Å². The molecule has 5 heterocycles. The highest BCUT2D eigenvalue weighted by molar-refractivity contribution is 6.20. The molecule has 0 spiro atoms. The lowest BCUT2D eigenvalue weighted by Crippen LogP contribution is -2.09. The van der Waals surface area contributed by atoms with Gasteiger partial charge < -0.3 is 18.3 Å². The van der Waals surface area contributed by atoms with Gasteiger partial charge in [0.25, 0.3) is 0 Å². The van der Waals surface area contributed by atoms with Crippen LogP contribution in [0.15, 0.2) is 328 Å². The standard InChI is InChI=1S/C88H55N7/c1-7-23-55(24-8-1)86-89-87(56-25-9-2-10-26-56)91-88(90-86)85-67-43-39-57(47-68(67)69-52-82-73(51-76(69)85)65-35-19-21-37-77(65)93(82)62-29-13-4-14-30-62)58-40-44-79-70(48-58)71-49-59(41-45-80(71)92(79)61-27-11-3-12-28-61)60-42-46-81-72(50-60)75-54-83-74(53-84(75)95(81)64-33-17-6-18-34-64)66-36-20-22-38-78(66)94(83)63-31-15-5-16-32-63/h1-54,85H. The largest absolute Gasteiger partial charge is 0.309 e. The van der Waals surface area contributed by atoms with Crippen molar-refractivity contribution in [3.8, 4) is 78.9 Å². The third kappa shape index (κ3) is 8.22. The van der Waals surface area contributed by atoms with Crippen LogP contribution in [-0.2, 0) is 0 Å². The van der Waals surface area contributed by atoms with E-state index in [1.54, 1.807) is 0 Å². The number of nitrogens with zero attached hydrogens (tertiary/aromatic N) is 7. The number of hydrogen-bond acceptors (Lipinski definition) is 3. The molecule has 0 radical (unpaired) electrons. The summed E-state index contributed by atoms with van der Waals surface area (Å²) >= 11 is 0. The molecule has 1 unspecified atom stereocenters. The molecule has 0 saturated heterocycles. The van der Waals surface area contributed by atoms with Crippen LogP contribution in [-0.4, -0.2) is 33.2 Å². The van der Waals surface area contributed by atoms with Gasteiger partial charge in [0.2, 0.25) is 0 Å². The van der Waals surface area contributed by atoms with E-state index in [1.165, 1.54) is 70.8 Å². The van der Waals surface area contributed by atoms with Gasteiger partial charge in [-0.1, -0.05) is 200 Å². The fourth-order valence-corrected chi connectivity index (χ4v) is 15.6. The molecule has 0 saturated carbocycles. The molecule has 5 aromatic heterocycles. The molecular weight excluding hydrogens is 1160 g/mol. The number of fused-ring (bicyclic) bond motifs is 15. The lowest BCUT2D eigenvalue weighted by Gasteiger charge is -2.16. The van der Waals surface area contributed by atoms with Crippen LogP contribution < -0.4 is 0 Å². The molecule has 14 aromatic carbocycles. The third-order valence-electron chi connectivity index (χ3n) is 19.8.